The lowest BCUT2D eigenvalue weighted by molar-refractivity contribution is -0.415. The van der Waals surface area contributed by atoms with E-state index in [0.717, 1.165) is 0 Å². The lowest BCUT2D eigenvalue weighted by atomic mass is 10.6. The van der Waals surface area contributed by atoms with Gasteiger partial charge < -0.3 is 15.0 Å². The monoisotopic (exact) mass is 156 g/mol. The smallest absolute Gasteiger partial charge is 0.409 e. The predicted molar refractivity (Wildman–Crippen MR) is 21.6 cm³/mol. The molecule has 0 aliphatic heterocycles. The summed E-state index contributed by atoms with van der Waals surface area (Å²) in [5.74, 6) is 0. The van der Waals surface area contributed by atoms with Crippen LogP contribution in [0.25, 0.3) is 0 Å². The zero-order valence-electron chi connectivity index (χ0n) is 4.64. The van der Waals surface area contributed by atoms with Crippen LogP contribution in [0.5, 0.6) is 0 Å². The second-order valence-corrected chi connectivity index (χ2v) is 0.996. The van der Waals surface area contributed by atoms with Crippen LogP contribution in [-0.2, 0) is 0 Å². The number of carboxylic acid groups (broad SMARTS) is 2. The number of allylic oxidation sites excluding steroid dienone is 1. The van der Waals surface area contributed by atoms with E-state index >= 15 is 0 Å². The topological polar surface area (TPSA) is 63.2 Å². The van der Waals surface area contributed by atoms with E-state index in [4.69, 9.17) is 15.0 Å². The lowest BCUT2D eigenvalue weighted by Crippen LogP contribution is -2.37. The van der Waals surface area contributed by atoms with E-state index < -0.39 is 12.3 Å². The third-order valence-corrected chi connectivity index (χ3v) is 0.231. The molecule has 0 aromatic heterocycles. The van der Waals surface area contributed by atoms with Crippen molar-refractivity contribution in [2.45, 2.75) is 6.18 Å². The van der Waals surface area contributed by atoms with Crippen molar-refractivity contribution in [1.29, 1.82) is 0 Å². The molecule has 0 aromatic rings. The van der Waals surface area contributed by atoms with E-state index in [2.05, 4.69) is 6.58 Å². The van der Waals surface area contributed by atoms with E-state index in [1.165, 1.54) is 0 Å². The first-order chi connectivity index (χ1) is 4.29. The highest BCUT2D eigenvalue weighted by Gasteiger charge is 2.19. The third kappa shape index (κ3) is 70.6. The van der Waals surface area contributed by atoms with E-state index in [1.807, 2.05) is 0 Å². The Morgan fingerprint density at radius 2 is 1.50 bits per heavy atom. The van der Waals surface area contributed by atoms with E-state index in [0.29, 0.717) is 0 Å². The summed E-state index contributed by atoms with van der Waals surface area (Å²) in [5.41, 5.74) is 0. The minimum Gasteiger partial charge on any atom is -0.652 e. The Balaban J connectivity index is 0. The van der Waals surface area contributed by atoms with Gasteiger partial charge in [0.25, 0.3) is 0 Å². The fourth-order valence-corrected chi connectivity index (χ4v) is 0. The van der Waals surface area contributed by atoms with Crippen molar-refractivity contribution >= 4 is 6.16 Å². The number of hydrogen-bond acceptors (Lipinski definition) is 3. The van der Waals surface area contributed by atoms with Gasteiger partial charge in [-0.1, -0.05) is 6.58 Å². The zero-order chi connectivity index (χ0) is 8.78. The van der Waals surface area contributed by atoms with Crippen molar-refractivity contribution in [3.05, 3.63) is 12.7 Å². The van der Waals surface area contributed by atoms with Gasteiger partial charge in [-0.15, -0.1) is 0 Å². The van der Waals surface area contributed by atoms with Crippen molar-refractivity contribution in [2.24, 2.45) is 0 Å². The molecule has 10 heavy (non-hydrogen) atoms. The molecule has 0 saturated carbocycles. The number of carbonyl (C=O) groups excluding carboxylic acids is 1. The Morgan fingerprint density at radius 1 is 1.40 bits per heavy atom. The van der Waals surface area contributed by atoms with Gasteiger partial charge in [0.1, 0.15) is 0 Å². The normalized spacial score (nSPS) is 9.10. The minimum atomic E-state index is -4.19. The van der Waals surface area contributed by atoms with Crippen LogP contribution < -0.4 is 10.2 Å². The van der Waals surface area contributed by atoms with E-state index in [-0.39, 0.29) is 6.08 Å². The highest BCUT2D eigenvalue weighted by molar-refractivity contribution is 5.47. The van der Waals surface area contributed by atoms with Crippen molar-refractivity contribution in [1.82, 2.24) is 0 Å². The average molecular weight is 156 g/mol. The van der Waals surface area contributed by atoms with Gasteiger partial charge in [-0.2, -0.15) is 13.2 Å². The summed E-state index contributed by atoms with van der Waals surface area (Å²) in [6.07, 6.45) is -6.59. The quantitative estimate of drug-likeness (QED) is 0.435. The maximum absolute atomic E-state index is 10.7. The van der Waals surface area contributed by atoms with Crippen LogP contribution in [-0.4, -0.2) is 12.3 Å². The van der Waals surface area contributed by atoms with Crippen LogP contribution in [0.4, 0.5) is 18.0 Å². The SMILES string of the molecule is C=CC(F)(F)F.O=C([O-])[O-]. The second-order valence-electron chi connectivity index (χ2n) is 0.996. The fraction of sp³-hybridized carbons (Fsp3) is 0.250. The Hall–Kier alpha value is -1.20. The van der Waals surface area contributed by atoms with Gasteiger partial charge in [0.15, 0.2) is 0 Å². The molecule has 0 spiro atoms. The Labute approximate surface area is 54.4 Å². The molecule has 3 nitrogen and oxygen atoms in total. The molecule has 0 aliphatic carbocycles. The first kappa shape index (κ1) is 11.6. The summed E-state index contributed by atoms with van der Waals surface area (Å²) in [5, 5.41) is 16.7. The number of hydrogen-bond donors (Lipinski definition) is 0. The van der Waals surface area contributed by atoms with Crippen LogP contribution >= 0.6 is 0 Å². The number of alkyl halides is 3. The standard InChI is InChI=1S/C3H3F3.CH2O3/c1-2-3(4,5)6;2-1(3)4/h2H,1H2;(H2,2,3,4)/p-2. The zero-order valence-corrected chi connectivity index (χ0v) is 4.64. The van der Waals surface area contributed by atoms with Crippen LogP contribution in [0, 0.1) is 0 Å². The van der Waals surface area contributed by atoms with Crippen molar-refractivity contribution in [3.63, 3.8) is 0 Å². The molecule has 0 rings (SSSR count). The predicted octanol–water partition coefficient (Wildman–Crippen LogP) is -0.712. The molecule has 0 amide bonds. The Kier molecular flexibility index (Phi) is 5.39. The molecule has 0 heterocycles. The van der Waals surface area contributed by atoms with Crippen LogP contribution in [0.15, 0.2) is 12.7 Å². The fourth-order valence-electron chi connectivity index (χ4n) is 0. The lowest BCUT2D eigenvalue weighted by Gasteiger charge is -1.96. The molecular formula is C4H3F3O3-2. The molecule has 0 fully saturated rings. The second kappa shape index (κ2) is 4.66. The highest BCUT2D eigenvalue weighted by atomic mass is 19.4. The summed E-state index contributed by atoms with van der Waals surface area (Å²) in [4.78, 5) is 8.33. The number of rotatable bonds is 0. The maximum Gasteiger partial charge on any atom is 0.409 e. The highest BCUT2D eigenvalue weighted by Crippen LogP contribution is 2.13. The van der Waals surface area contributed by atoms with Gasteiger partial charge in [0, 0.05) is 6.08 Å². The van der Waals surface area contributed by atoms with Crippen LogP contribution in [0.1, 0.15) is 0 Å². The molecule has 6 heteroatoms. The molecule has 0 atom stereocenters. The molecule has 0 saturated heterocycles. The summed E-state index contributed by atoms with van der Waals surface area (Å²) >= 11 is 0. The summed E-state index contributed by atoms with van der Waals surface area (Å²) in [6, 6.07) is 0. The van der Waals surface area contributed by atoms with Gasteiger partial charge in [-0.3, -0.25) is 0 Å². The van der Waals surface area contributed by atoms with Gasteiger partial charge in [0.05, 0.1) is 0 Å². The number of carbonyl (C=O) groups is 1. The van der Waals surface area contributed by atoms with Crippen LogP contribution in [0.3, 0.4) is 0 Å². The molecule has 0 aliphatic rings. The minimum absolute atomic E-state index is 0.0625. The van der Waals surface area contributed by atoms with E-state index in [9.17, 15) is 13.2 Å². The number of halogens is 3. The average Bonchev–Trinajstić information content (AvgIpc) is 1.63. The maximum atomic E-state index is 10.7. The third-order valence-electron chi connectivity index (χ3n) is 0.231. The van der Waals surface area contributed by atoms with Gasteiger partial charge in [-0.25, -0.2) is 0 Å². The van der Waals surface area contributed by atoms with Crippen molar-refractivity contribution in [2.75, 3.05) is 0 Å². The summed E-state index contributed by atoms with van der Waals surface area (Å²) in [7, 11) is 0. The van der Waals surface area contributed by atoms with Gasteiger partial charge >= 0.3 is 6.18 Å². The molecule has 0 aromatic carbocycles. The summed E-state index contributed by atoms with van der Waals surface area (Å²) < 4.78 is 32.0. The molecular weight excluding hydrogens is 153 g/mol. The van der Waals surface area contributed by atoms with Crippen molar-refractivity contribution in [3.8, 4) is 0 Å². The summed E-state index contributed by atoms with van der Waals surface area (Å²) in [6.45, 7) is 2.51. The largest absolute Gasteiger partial charge is 0.652 e. The van der Waals surface area contributed by atoms with Crippen molar-refractivity contribution < 1.29 is 28.2 Å². The molecule has 0 radical (unpaired) electrons. The molecule has 0 bridgehead atoms. The molecule has 60 valence electrons. The molecule has 0 unspecified atom stereocenters. The Bertz CT molecular complexity index is 113. The van der Waals surface area contributed by atoms with Gasteiger partial charge in [0.2, 0.25) is 0 Å². The van der Waals surface area contributed by atoms with Gasteiger partial charge in [-0.05, 0) is 6.16 Å². The van der Waals surface area contributed by atoms with Crippen LogP contribution in [0.2, 0.25) is 0 Å². The van der Waals surface area contributed by atoms with E-state index in [1.54, 1.807) is 0 Å². The first-order valence-electron chi connectivity index (χ1n) is 1.88. The first-order valence-corrected chi connectivity index (χ1v) is 1.88. The molecule has 0 N–H and O–H groups in total. The Morgan fingerprint density at radius 3 is 1.50 bits per heavy atom.